The van der Waals surface area contributed by atoms with Gasteiger partial charge < -0.3 is 20.8 Å². The van der Waals surface area contributed by atoms with Crippen molar-refractivity contribution >= 4 is 17.4 Å². The van der Waals surface area contributed by atoms with Crippen molar-refractivity contribution in [2.75, 3.05) is 10.6 Å². The minimum absolute atomic E-state index is 0.222. The molecule has 0 unspecified atom stereocenters. The second kappa shape index (κ2) is 4.88. The molecule has 0 aromatic carbocycles. The molecular formula is C14H16N4O2. The van der Waals surface area contributed by atoms with Crippen molar-refractivity contribution in [1.82, 2.24) is 4.98 Å². The Hall–Kier alpha value is -2.50. The van der Waals surface area contributed by atoms with E-state index in [1.807, 2.05) is 12.1 Å². The van der Waals surface area contributed by atoms with E-state index in [4.69, 9.17) is 15.9 Å². The quantitative estimate of drug-likeness (QED) is 0.860. The largest absolute Gasteiger partial charge is 0.467 e. The van der Waals surface area contributed by atoms with E-state index in [2.05, 4.69) is 9.88 Å². The van der Waals surface area contributed by atoms with Crippen LogP contribution in [0.5, 0.6) is 0 Å². The summed E-state index contributed by atoms with van der Waals surface area (Å²) >= 11 is 0. The van der Waals surface area contributed by atoms with Crippen LogP contribution in [0.2, 0.25) is 0 Å². The molecule has 1 aliphatic carbocycles. The molecule has 0 bridgehead atoms. The molecule has 0 radical (unpaired) electrons. The van der Waals surface area contributed by atoms with Gasteiger partial charge in [-0.3, -0.25) is 4.79 Å². The van der Waals surface area contributed by atoms with Gasteiger partial charge in [0.05, 0.1) is 18.5 Å². The van der Waals surface area contributed by atoms with E-state index in [-0.39, 0.29) is 5.69 Å². The van der Waals surface area contributed by atoms with Crippen LogP contribution in [0.4, 0.5) is 11.5 Å². The van der Waals surface area contributed by atoms with Crippen LogP contribution >= 0.6 is 0 Å². The van der Waals surface area contributed by atoms with E-state index in [1.54, 1.807) is 18.4 Å². The Morgan fingerprint density at radius 2 is 2.20 bits per heavy atom. The number of nitrogens with zero attached hydrogens (tertiary/aromatic N) is 2. The Bertz CT molecular complexity index is 620. The molecule has 2 heterocycles. The van der Waals surface area contributed by atoms with Gasteiger partial charge in [0.25, 0.3) is 5.91 Å². The molecule has 0 atom stereocenters. The van der Waals surface area contributed by atoms with Crippen LogP contribution < -0.4 is 16.4 Å². The average molecular weight is 272 g/mol. The zero-order valence-corrected chi connectivity index (χ0v) is 11.0. The van der Waals surface area contributed by atoms with Gasteiger partial charge in [-0.05, 0) is 37.1 Å². The standard InChI is InChI=1S/C14H16N4O2/c15-11-5-6-12(13(16)19)17-14(11)18(9-3-4-9)8-10-2-1-7-20-10/h1-2,5-7,9H,3-4,8,15H2,(H2,16,19). The van der Waals surface area contributed by atoms with Crippen molar-refractivity contribution in [2.24, 2.45) is 5.73 Å². The smallest absolute Gasteiger partial charge is 0.267 e. The topological polar surface area (TPSA) is 98.4 Å². The fourth-order valence-corrected chi connectivity index (χ4v) is 2.16. The lowest BCUT2D eigenvalue weighted by Gasteiger charge is -2.24. The molecule has 104 valence electrons. The third-order valence-corrected chi connectivity index (χ3v) is 3.32. The van der Waals surface area contributed by atoms with E-state index >= 15 is 0 Å². The Morgan fingerprint density at radius 1 is 1.40 bits per heavy atom. The van der Waals surface area contributed by atoms with E-state index in [9.17, 15) is 4.79 Å². The number of furan rings is 1. The molecule has 2 aromatic heterocycles. The number of primary amides is 1. The normalized spacial score (nSPS) is 14.2. The number of anilines is 2. The predicted molar refractivity (Wildman–Crippen MR) is 75.1 cm³/mol. The first-order valence-electron chi connectivity index (χ1n) is 6.50. The van der Waals surface area contributed by atoms with Gasteiger partial charge in [0.1, 0.15) is 11.5 Å². The van der Waals surface area contributed by atoms with Gasteiger partial charge >= 0.3 is 0 Å². The summed E-state index contributed by atoms with van der Waals surface area (Å²) in [4.78, 5) is 17.6. The van der Waals surface area contributed by atoms with E-state index in [0.717, 1.165) is 18.6 Å². The molecule has 0 aliphatic heterocycles. The zero-order valence-electron chi connectivity index (χ0n) is 11.0. The Balaban J connectivity index is 1.94. The minimum atomic E-state index is -0.556. The van der Waals surface area contributed by atoms with Gasteiger partial charge in [-0.15, -0.1) is 0 Å². The highest BCUT2D eigenvalue weighted by molar-refractivity contribution is 5.92. The lowest BCUT2D eigenvalue weighted by atomic mass is 10.2. The maximum atomic E-state index is 11.3. The van der Waals surface area contributed by atoms with Crippen LogP contribution in [0.1, 0.15) is 29.1 Å². The summed E-state index contributed by atoms with van der Waals surface area (Å²) in [5, 5.41) is 0. The molecule has 1 amide bonds. The van der Waals surface area contributed by atoms with Gasteiger partial charge in [-0.2, -0.15) is 0 Å². The average Bonchev–Trinajstić information content (AvgIpc) is 3.14. The predicted octanol–water partition coefficient (Wildman–Crippen LogP) is 1.52. The van der Waals surface area contributed by atoms with Crippen LogP contribution in [0.25, 0.3) is 0 Å². The molecule has 1 aliphatic rings. The van der Waals surface area contributed by atoms with Crippen molar-refractivity contribution < 1.29 is 9.21 Å². The highest BCUT2D eigenvalue weighted by Gasteiger charge is 2.32. The zero-order chi connectivity index (χ0) is 14.1. The number of rotatable bonds is 5. The van der Waals surface area contributed by atoms with Gasteiger partial charge in [-0.1, -0.05) is 0 Å². The highest BCUT2D eigenvalue weighted by atomic mass is 16.3. The second-order valence-electron chi connectivity index (χ2n) is 4.91. The van der Waals surface area contributed by atoms with Crippen LogP contribution in [0.3, 0.4) is 0 Å². The van der Waals surface area contributed by atoms with E-state index in [0.29, 0.717) is 24.1 Å². The third-order valence-electron chi connectivity index (χ3n) is 3.32. The number of carbonyl (C=O) groups excluding carboxylic acids is 1. The van der Waals surface area contributed by atoms with Crippen LogP contribution in [-0.2, 0) is 6.54 Å². The first-order chi connectivity index (χ1) is 9.65. The molecule has 1 saturated carbocycles. The molecule has 1 fully saturated rings. The Morgan fingerprint density at radius 3 is 2.80 bits per heavy atom. The lowest BCUT2D eigenvalue weighted by molar-refractivity contribution is 0.0995. The monoisotopic (exact) mass is 272 g/mol. The minimum Gasteiger partial charge on any atom is -0.467 e. The maximum absolute atomic E-state index is 11.3. The molecule has 3 rings (SSSR count). The van der Waals surface area contributed by atoms with Crippen molar-refractivity contribution in [3.8, 4) is 0 Å². The fourth-order valence-electron chi connectivity index (χ4n) is 2.16. The molecule has 4 N–H and O–H groups in total. The van der Waals surface area contributed by atoms with Gasteiger partial charge in [0, 0.05) is 6.04 Å². The van der Waals surface area contributed by atoms with Crippen molar-refractivity contribution in [3.05, 3.63) is 42.0 Å². The molecular weight excluding hydrogens is 256 g/mol. The third kappa shape index (κ3) is 2.45. The first kappa shape index (κ1) is 12.5. The summed E-state index contributed by atoms with van der Waals surface area (Å²) < 4.78 is 5.38. The van der Waals surface area contributed by atoms with Crippen LogP contribution in [0, 0.1) is 0 Å². The highest BCUT2D eigenvalue weighted by Crippen LogP contribution is 2.35. The summed E-state index contributed by atoms with van der Waals surface area (Å²) in [7, 11) is 0. The molecule has 0 spiro atoms. The Kier molecular flexibility index (Phi) is 3.06. The molecule has 6 heteroatoms. The first-order valence-corrected chi connectivity index (χ1v) is 6.50. The van der Waals surface area contributed by atoms with Gasteiger partial charge in [-0.25, -0.2) is 4.98 Å². The number of nitrogen functional groups attached to an aromatic ring is 1. The van der Waals surface area contributed by atoms with Gasteiger partial charge in [0.2, 0.25) is 0 Å². The SMILES string of the molecule is NC(=O)c1ccc(N)c(N(Cc2ccco2)C2CC2)n1. The maximum Gasteiger partial charge on any atom is 0.267 e. The van der Waals surface area contributed by atoms with Gasteiger partial charge in [0.15, 0.2) is 5.82 Å². The van der Waals surface area contributed by atoms with E-state index in [1.165, 1.54) is 0 Å². The molecule has 6 nitrogen and oxygen atoms in total. The number of amides is 1. The molecule has 0 saturated heterocycles. The fraction of sp³-hybridized carbons (Fsp3) is 0.286. The van der Waals surface area contributed by atoms with Crippen molar-refractivity contribution in [3.63, 3.8) is 0 Å². The second-order valence-corrected chi connectivity index (χ2v) is 4.91. The summed E-state index contributed by atoms with van der Waals surface area (Å²) in [5.41, 5.74) is 12.0. The summed E-state index contributed by atoms with van der Waals surface area (Å²) in [5.74, 6) is 0.878. The van der Waals surface area contributed by atoms with Crippen molar-refractivity contribution in [1.29, 1.82) is 0 Å². The van der Waals surface area contributed by atoms with Crippen molar-refractivity contribution in [2.45, 2.75) is 25.4 Å². The Labute approximate surface area is 116 Å². The molecule has 20 heavy (non-hydrogen) atoms. The van der Waals surface area contributed by atoms with Crippen LogP contribution in [-0.4, -0.2) is 16.9 Å². The summed E-state index contributed by atoms with van der Waals surface area (Å²) in [6.45, 7) is 0.580. The number of hydrogen-bond donors (Lipinski definition) is 2. The number of carbonyl (C=O) groups is 1. The van der Waals surface area contributed by atoms with E-state index < -0.39 is 5.91 Å². The summed E-state index contributed by atoms with van der Waals surface area (Å²) in [6, 6.07) is 7.35. The number of pyridine rings is 1. The number of hydrogen-bond acceptors (Lipinski definition) is 5. The summed E-state index contributed by atoms with van der Waals surface area (Å²) in [6.07, 6.45) is 3.81. The number of aromatic nitrogens is 1. The van der Waals surface area contributed by atoms with Crippen LogP contribution in [0.15, 0.2) is 34.9 Å². The lowest BCUT2D eigenvalue weighted by Crippen LogP contribution is -2.28. The molecule has 2 aromatic rings. The number of nitrogens with two attached hydrogens (primary N) is 2.